The number of ether oxygens (including phenoxy) is 1. The molecule has 0 saturated carbocycles. The van der Waals surface area contributed by atoms with E-state index >= 15 is 0 Å². The van der Waals surface area contributed by atoms with Gasteiger partial charge < -0.3 is 24.8 Å². The van der Waals surface area contributed by atoms with Crippen molar-refractivity contribution < 1.29 is 18.3 Å². The predicted octanol–water partition coefficient (Wildman–Crippen LogP) is 3.72. The molecule has 41 heavy (non-hydrogen) atoms. The van der Waals surface area contributed by atoms with Gasteiger partial charge in [-0.3, -0.25) is 9.36 Å². The van der Waals surface area contributed by atoms with Gasteiger partial charge in [-0.1, -0.05) is 12.1 Å². The standard InChI is InChI=1S/C29H38F2N8O2/c1-20(40)36-12-8-22(9-13-36)37-10-6-21(7-11-37)19-32-25-18-26(35-29(34-25)38-14-16-41-17-15-38)39-24-5-3-2-4-23(24)33-28(39)27(30)31/h2-5,18,21-22,27H,6-17,19H2,1H3,(H,32,34,35). The zero-order valence-electron chi connectivity index (χ0n) is 23.5. The van der Waals surface area contributed by atoms with Crippen molar-refractivity contribution in [3.8, 4) is 5.82 Å². The van der Waals surface area contributed by atoms with Crippen molar-refractivity contribution in [2.24, 2.45) is 5.92 Å². The van der Waals surface area contributed by atoms with Crippen LogP contribution in [0.1, 0.15) is 44.9 Å². The van der Waals surface area contributed by atoms with Crippen LogP contribution < -0.4 is 10.2 Å². The number of rotatable bonds is 7. The Morgan fingerprint density at radius 3 is 2.44 bits per heavy atom. The lowest BCUT2D eigenvalue weighted by molar-refractivity contribution is -0.130. The van der Waals surface area contributed by atoms with Crippen molar-refractivity contribution in [2.45, 2.75) is 45.1 Å². The molecule has 10 nitrogen and oxygen atoms in total. The van der Waals surface area contributed by atoms with Crippen LogP contribution in [0.3, 0.4) is 0 Å². The van der Waals surface area contributed by atoms with E-state index in [2.05, 4.69) is 15.2 Å². The van der Waals surface area contributed by atoms with E-state index < -0.39 is 6.43 Å². The van der Waals surface area contributed by atoms with E-state index in [1.165, 1.54) is 4.57 Å². The first kappa shape index (κ1) is 27.8. The number of likely N-dealkylation sites (tertiary alicyclic amines) is 2. The summed E-state index contributed by atoms with van der Waals surface area (Å²) >= 11 is 0. The summed E-state index contributed by atoms with van der Waals surface area (Å²) in [7, 11) is 0. The fraction of sp³-hybridized carbons (Fsp3) is 0.586. The molecule has 220 valence electrons. The maximum absolute atomic E-state index is 14.1. The lowest BCUT2D eigenvalue weighted by Gasteiger charge is -2.41. The van der Waals surface area contributed by atoms with Crippen molar-refractivity contribution in [2.75, 3.05) is 69.2 Å². The largest absolute Gasteiger partial charge is 0.378 e. The van der Waals surface area contributed by atoms with Crippen LogP contribution >= 0.6 is 0 Å². The molecule has 6 rings (SSSR count). The summed E-state index contributed by atoms with van der Waals surface area (Å²) < 4.78 is 35.2. The summed E-state index contributed by atoms with van der Waals surface area (Å²) in [6, 6.07) is 9.44. The highest BCUT2D eigenvalue weighted by Gasteiger charge is 2.29. The monoisotopic (exact) mass is 568 g/mol. The molecule has 1 aromatic carbocycles. The third-order valence-electron chi connectivity index (χ3n) is 8.65. The minimum Gasteiger partial charge on any atom is -0.378 e. The molecule has 0 atom stereocenters. The number of amides is 1. The number of aromatic nitrogens is 4. The van der Waals surface area contributed by atoms with E-state index in [9.17, 15) is 13.6 Å². The second kappa shape index (κ2) is 12.2. The SMILES string of the molecule is CC(=O)N1CCC(N2CCC(CNc3cc(-n4c(C(F)F)nc5ccccc54)nc(N4CCOCC4)n3)CC2)CC1. The van der Waals surface area contributed by atoms with E-state index in [0.29, 0.717) is 66.9 Å². The van der Waals surface area contributed by atoms with E-state index in [1.54, 1.807) is 31.2 Å². The lowest BCUT2D eigenvalue weighted by Crippen LogP contribution is -2.49. The van der Waals surface area contributed by atoms with Crippen molar-refractivity contribution in [3.05, 3.63) is 36.2 Å². The maximum Gasteiger partial charge on any atom is 0.296 e. The first-order valence-electron chi connectivity index (χ1n) is 14.7. The van der Waals surface area contributed by atoms with Crippen LogP contribution in [-0.2, 0) is 9.53 Å². The van der Waals surface area contributed by atoms with E-state index in [4.69, 9.17) is 14.7 Å². The summed E-state index contributed by atoms with van der Waals surface area (Å²) in [6.07, 6.45) is 1.49. The molecule has 3 aromatic rings. The zero-order valence-corrected chi connectivity index (χ0v) is 23.5. The first-order chi connectivity index (χ1) is 20.0. The number of hydrogen-bond acceptors (Lipinski definition) is 8. The van der Waals surface area contributed by atoms with Crippen LogP contribution in [0.4, 0.5) is 20.5 Å². The fourth-order valence-corrected chi connectivity index (χ4v) is 6.28. The summed E-state index contributed by atoms with van der Waals surface area (Å²) in [5.41, 5.74) is 1.09. The molecule has 0 spiro atoms. The normalized spacial score (nSPS) is 19.8. The topological polar surface area (TPSA) is 91.7 Å². The number of nitrogens with one attached hydrogen (secondary N) is 1. The molecule has 2 aromatic heterocycles. The van der Waals surface area contributed by atoms with Crippen LogP contribution in [0.25, 0.3) is 16.9 Å². The Kier molecular flexibility index (Phi) is 8.29. The Hall–Kier alpha value is -3.38. The Morgan fingerprint density at radius 2 is 1.73 bits per heavy atom. The van der Waals surface area contributed by atoms with E-state index in [-0.39, 0.29) is 11.7 Å². The van der Waals surface area contributed by atoms with Gasteiger partial charge in [-0.25, -0.2) is 13.8 Å². The third-order valence-corrected chi connectivity index (χ3v) is 8.65. The number of morpholine rings is 1. The molecule has 1 N–H and O–H groups in total. The Bertz CT molecular complexity index is 1350. The minimum absolute atomic E-state index is 0.171. The van der Waals surface area contributed by atoms with Crippen molar-refractivity contribution in [1.29, 1.82) is 0 Å². The summed E-state index contributed by atoms with van der Waals surface area (Å²) in [6.45, 7) is 8.61. The number of piperidine rings is 2. The summed E-state index contributed by atoms with van der Waals surface area (Å²) in [5, 5.41) is 3.51. The number of fused-ring (bicyclic) bond motifs is 1. The molecule has 3 saturated heterocycles. The highest BCUT2D eigenvalue weighted by atomic mass is 19.3. The summed E-state index contributed by atoms with van der Waals surface area (Å²) in [5.74, 6) is 1.82. The molecule has 3 aliphatic heterocycles. The number of imidazole rings is 1. The predicted molar refractivity (Wildman–Crippen MR) is 153 cm³/mol. The van der Waals surface area contributed by atoms with Crippen LogP contribution in [0.2, 0.25) is 0 Å². The minimum atomic E-state index is -2.75. The molecule has 12 heteroatoms. The Labute approximate surface area is 238 Å². The third kappa shape index (κ3) is 6.13. The zero-order chi connectivity index (χ0) is 28.3. The van der Waals surface area contributed by atoms with Gasteiger partial charge in [0.05, 0.1) is 24.2 Å². The highest BCUT2D eigenvalue weighted by Crippen LogP contribution is 2.30. The van der Waals surface area contributed by atoms with Crippen molar-refractivity contribution >= 4 is 28.7 Å². The quantitative estimate of drug-likeness (QED) is 0.461. The number of nitrogens with zero attached hydrogens (tertiary/aromatic N) is 7. The number of carbonyl (C=O) groups excluding carboxylic acids is 1. The van der Waals surface area contributed by atoms with Gasteiger partial charge in [0.15, 0.2) is 5.82 Å². The molecule has 3 aliphatic rings. The number of para-hydroxylation sites is 2. The number of halogens is 2. The van der Waals surface area contributed by atoms with Crippen molar-refractivity contribution in [3.63, 3.8) is 0 Å². The number of alkyl halides is 2. The average Bonchev–Trinajstić information content (AvgIpc) is 3.41. The fourth-order valence-electron chi connectivity index (χ4n) is 6.28. The van der Waals surface area contributed by atoms with Gasteiger partial charge >= 0.3 is 0 Å². The Morgan fingerprint density at radius 1 is 1.00 bits per heavy atom. The number of benzene rings is 1. The maximum atomic E-state index is 14.1. The van der Waals surface area contributed by atoms with Crippen LogP contribution in [0.5, 0.6) is 0 Å². The smallest absolute Gasteiger partial charge is 0.296 e. The second-order valence-electron chi connectivity index (χ2n) is 11.2. The molecular formula is C29H38F2N8O2. The molecule has 5 heterocycles. The van der Waals surface area contributed by atoms with Gasteiger partial charge in [-0.15, -0.1) is 0 Å². The molecule has 0 unspecified atom stereocenters. The number of hydrogen-bond donors (Lipinski definition) is 1. The van der Waals surface area contributed by atoms with Gasteiger partial charge in [0.2, 0.25) is 11.9 Å². The van der Waals surface area contributed by atoms with Gasteiger partial charge in [-0.05, 0) is 56.8 Å². The van der Waals surface area contributed by atoms with Crippen LogP contribution in [0.15, 0.2) is 30.3 Å². The molecular weight excluding hydrogens is 530 g/mol. The molecule has 0 aliphatic carbocycles. The number of carbonyl (C=O) groups is 1. The van der Waals surface area contributed by atoms with Gasteiger partial charge in [-0.2, -0.15) is 9.97 Å². The molecule has 1 amide bonds. The van der Waals surface area contributed by atoms with Crippen LogP contribution in [0, 0.1) is 5.92 Å². The second-order valence-corrected chi connectivity index (χ2v) is 11.2. The molecule has 0 radical (unpaired) electrons. The van der Waals surface area contributed by atoms with Gasteiger partial charge in [0, 0.05) is 51.8 Å². The Balaban J connectivity index is 1.18. The van der Waals surface area contributed by atoms with Crippen LogP contribution in [-0.4, -0.2) is 100 Å². The van der Waals surface area contributed by atoms with E-state index in [0.717, 1.165) is 58.4 Å². The number of anilines is 2. The molecule has 0 bridgehead atoms. The van der Waals surface area contributed by atoms with E-state index in [1.807, 2.05) is 15.9 Å². The average molecular weight is 569 g/mol. The lowest BCUT2D eigenvalue weighted by atomic mass is 9.93. The summed E-state index contributed by atoms with van der Waals surface area (Å²) in [4.78, 5) is 32.0. The first-order valence-corrected chi connectivity index (χ1v) is 14.7. The molecule has 3 fully saturated rings. The van der Waals surface area contributed by atoms with Gasteiger partial charge in [0.25, 0.3) is 6.43 Å². The van der Waals surface area contributed by atoms with Crippen molar-refractivity contribution in [1.82, 2.24) is 29.3 Å². The van der Waals surface area contributed by atoms with Gasteiger partial charge in [0.1, 0.15) is 11.6 Å². The highest BCUT2D eigenvalue weighted by molar-refractivity contribution is 5.78.